The Balaban J connectivity index is 2.38. The summed E-state index contributed by atoms with van der Waals surface area (Å²) in [6.07, 6.45) is -4.42. The fraction of sp³-hybridized carbons (Fsp3) is 0.417. The third-order valence-corrected chi connectivity index (χ3v) is 2.26. The predicted octanol–water partition coefficient (Wildman–Crippen LogP) is 1.76. The Morgan fingerprint density at radius 2 is 1.95 bits per heavy atom. The summed E-state index contributed by atoms with van der Waals surface area (Å²) >= 11 is 0. The van der Waals surface area contributed by atoms with Crippen LogP contribution in [0.1, 0.15) is 18.5 Å². The molecule has 1 aromatic carbocycles. The standard InChI is InChI=1S/C12H15F3N2O2/c1-8(16)9-2-4-10(5-3-9)19-6-11(18)17-7-12(13,14)15/h2-5,8H,6-7,16H2,1H3,(H,17,18)/t8-/m1/s1. The van der Waals surface area contributed by atoms with Gasteiger partial charge in [-0.1, -0.05) is 12.1 Å². The van der Waals surface area contributed by atoms with Crippen LogP contribution in [0.4, 0.5) is 13.2 Å². The lowest BCUT2D eigenvalue weighted by Gasteiger charge is -2.10. The van der Waals surface area contributed by atoms with Crippen molar-refractivity contribution in [2.24, 2.45) is 5.73 Å². The lowest BCUT2D eigenvalue weighted by Crippen LogP contribution is -2.36. The molecule has 1 rings (SSSR count). The molecule has 1 amide bonds. The van der Waals surface area contributed by atoms with Gasteiger partial charge in [-0.3, -0.25) is 4.79 Å². The van der Waals surface area contributed by atoms with Gasteiger partial charge in [0, 0.05) is 6.04 Å². The molecule has 0 radical (unpaired) electrons. The number of nitrogens with one attached hydrogen (secondary N) is 1. The molecule has 4 nitrogen and oxygen atoms in total. The summed E-state index contributed by atoms with van der Waals surface area (Å²) in [6, 6.07) is 6.55. The zero-order valence-electron chi connectivity index (χ0n) is 10.3. The van der Waals surface area contributed by atoms with E-state index >= 15 is 0 Å². The highest BCUT2D eigenvalue weighted by molar-refractivity contribution is 5.77. The lowest BCUT2D eigenvalue weighted by atomic mass is 10.1. The number of ether oxygens (including phenoxy) is 1. The van der Waals surface area contributed by atoms with E-state index in [1.165, 1.54) is 0 Å². The molecule has 0 saturated heterocycles. The third kappa shape index (κ3) is 6.10. The maximum absolute atomic E-state index is 11.8. The summed E-state index contributed by atoms with van der Waals surface area (Å²) in [5, 5.41) is 1.71. The molecule has 106 valence electrons. The van der Waals surface area contributed by atoms with E-state index in [4.69, 9.17) is 10.5 Å². The minimum atomic E-state index is -4.42. The number of carbonyl (C=O) groups excluding carboxylic acids is 1. The smallest absolute Gasteiger partial charge is 0.405 e. The van der Waals surface area contributed by atoms with Crippen LogP contribution in [0.2, 0.25) is 0 Å². The molecule has 0 aliphatic carbocycles. The normalized spacial score (nSPS) is 12.9. The second-order valence-corrected chi connectivity index (χ2v) is 4.04. The molecule has 1 atom stereocenters. The second-order valence-electron chi connectivity index (χ2n) is 4.04. The quantitative estimate of drug-likeness (QED) is 0.861. The molecule has 0 heterocycles. The summed E-state index contributed by atoms with van der Waals surface area (Å²) in [5.41, 5.74) is 6.55. The molecule has 3 N–H and O–H groups in total. The van der Waals surface area contributed by atoms with Crippen LogP contribution in [0.15, 0.2) is 24.3 Å². The van der Waals surface area contributed by atoms with Gasteiger partial charge in [-0.2, -0.15) is 13.2 Å². The summed E-state index contributed by atoms with van der Waals surface area (Å²) < 4.78 is 40.5. The Labute approximate surface area is 108 Å². The van der Waals surface area contributed by atoms with Crippen molar-refractivity contribution in [2.45, 2.75) is 19.1 Å². The number of alkyl halides is 3. The SMILES string of the molecule is C[C@@H](N)c1ccc(OCC(=O)NCC(F)(F)F)cc1. The first-order chi connectivity index (χ1) is 8.78. The van der Waals surface area contributed by atoms with Gasteiger partial charge < -0.3 is 15.8 Å². The number of hydrogen-bond donors (Lipinski definition) is 2. The molecular weight excluding hydrogens is 261 g/mol. The molecular formula is C12H15F3N2O2. The molecule has 0 aliphatic heterocycles. The molecule has 0 spiro atoms. The van der Waals surface area contributed by atoms with Crippen molar-refractivity contribution in [3.05, 3.63) is 29.8 Å². The van der Waals surface area contributed by atoms with Crippen LogP contribution in [-0.2, 0) is 4.79 Å². The third-order valence-electron chi connectivity index (χ3n) is 2.26. The monoisotopic (exact) mass is 276 g/mol. The number of halogens is 3. The number of rotatable bonds is 5. The maximum Gasteiger partial charge on any atom is 0.405 e. The highest BCUT2D eigenvalue weighted by Gasteiger charge is 2.27. The lowest BCUT2D eigenvalue weighted by molar-refractivity contribution is -0.139. The van der Waals surface area contributed by atoms with E-state index in [1.807, 2.05) is 6.92 Å². The highest BCUT2D eigenvalue weighted by Crippen LogP contribution is 2.16. The van der Waals surface area contributed by atoms with E-state index in [2.05, 4.69) is 0 Å². The van der Waals surface area contributed by atoms with Gasteiger partial charge in [-0.15, -0.1) is 0 Å². The summed E-state index contributed by atoms with van der Waals surface area (Å²) in [5.74, 6) is -0.430. The van der Waals surface area contributed by atoms with Crippen LogP contribution in [0.3, 0.4) is 0 Å². The van der Waals surface area contributed by atoms with Crippen LogP contribution in [0, 0.1) is 0 Å². The van der Waals surface area contributed by atoms with Crippen LogP contribution < -0.4 is 15.8 Å². The zero-order chi connectivity index (χ0) is 14.5. The average Bonchev–Trinajstić information content (AvgIpc) is 2.33. The highest BCUT2D eigenvalue weighted by atomic mass is 19.4. The van der Waals surface area contributed by atoms with Crippen LogP contribution in [0.25, 0.3) is 0 Å². The number of benzene rings is 1. The van der Waals surface area contributed by atoms with Gasteiger partial charge in [-0.25, -0.2) is 0 Å². The van der Waals surface area contributed by atoms with Crippen molar-refractivity contribution in [3.63, 3.8) is 0 Å². The molecule has 19 heavy (non-hydrogen) atoms. The molecule has 0 saturated carbocycles. The minimum Gasteiger partial charge on any atom is -0.484 e. The van der Waals surface area contributed by atoms with E-state index in [9.17, 15) is 18.0 Å². The van der Waals surface area contributed by atoms with E-state index in [0.717, 1.165) is 5.56 Å². The molecule has 0 bridgehead atoms. The molecule has 0 fully saturated rings. The summed E-state index contributed by atoms with van der Waals surface area (Å²) in [7, 11) is 0. The average molecular weight is 276 g/mol. The summed E-state index contributed by atoms with van der Waals surface area (Å²) in [6.45, 7) is -0.00707. The Bertz CT molecular complexity index is 416. The van der Waals surface area contributed by atoms with Gasteiger partial charge in [0.25, 0.3) is 5.91 Å². The zero-order valence-corrected chi connectivity index (χ0v) is 10.3. The van der Waals surface area contributed by atoms with E-state index in [0.29, 0.717) is 5.75 Å². The number of amides is 1. The first kappa shape index (κ1) is 15.3. The molecule has 0 aromatic heterocycles. The van der Waals surface area contributed by atoms with Crippen molar-refractivity contribution in [3.8, 4) is 5.75 Å². The van der Waals surface area contributed by atoms with Gasteiger partial charge in [0.1, 0.15) is 12.3 Å². The van der Waals surface area contributed by atoms with E-state index < -0.39 is 25.2 Å². The molecule has 0 aliphatic rings. The molecule has 0 unspecified atom stereocenters. The van der Waals surface area contributed by atoms with Gasteiger partial charge in [-0.05, 0) is 24.6 Å². The summed E-state index contributed by atoms with van der Waals surface area (Å²) in [4.78, 5) is 11.1. The Hall–Kier alpha value is -1.76. The maximum atomic E-state index is 11.8. The second kappa shape index (κ2) is 6.42. The van der Waals surface area contributed by atoms with Crippen LogP contribution in [-0.4, -0.2) is 25.2 Å². The predicted molar refractivity (Wildman–Crippen MR) is 63.6 cm³/mol. The van der Waals surface area contributed by atoms with Crippen molar-refractivity contribution >= 4 is 5.91 Å². The number of hydrogen-bond acceptors (Lipinski definition) is 3. The minimum absolute atomic E-state index is 0.121. The number of nitrogens with two attached hydrogens (primary N) is 1. The molecule has 1 aromatic rings. The Kier molecular flexibility index (Phi) is 5.17. The van der Waals surface area contributed by atoms with Crippen LogP contribution >= 0.6 is 0 Å². The van der Waals surface area contributed by atoms with Gasteiger partial charge >= 0.3 is 6.18 Å². The number of carbonyl (C=O) groups is 1. The van der Waals surface area contributed by atoms with Crippen molar-refractivity contribution in [1.29, 1.82) is 0 Å². The topological polar surface area (TPSA) is 64.3 Å². The largest absolute Gasteiger partial charge is 0.484 e. The fourth-order valence-corrected chi connectivity index (χ4v) is 1.27. The first-order valence-corrected chi connectivity index (χ1v) is 5.60. The fourth-order valence-electron chi connectivity index (χ4n) is 1.27. The van der Waals surface area contributed by atoms with Gasteiger partial charge in [0.05, 0.1) is 0 Å². The van der Waals surface area contributed by atoms with Gasteiger partial charge in [0.15, 0.2) is 6.61 Å². The Morgan fingerprint density at radius 1 is 1.37 bits per heavy atom. The first-order valence-electron chi connectivity index (χ1n) is 5.60. The van der Waals surface area contributed by atoms with E-state index in [1.54, 1.807) is 29.6 Å². The molecule has 7 heteroatoms. The Morgan fingerprint density at radius 3 is 2.42 bits per heavy atom. The van der Waals surface area contributed by atoms with Gasteiger partial charge in [0.2, 0.25) is 0 Å². The van der Waals surface area contributed by atoms with Crippen molar-refractivity contribution in [1.82, 2.24) is 5.32 Å². The van der Waals surface area contributed by atoms with E-state index in [-0.39, 0.29) is 6.04 Å². The van der Waals surface area contributed by atoms with Crippen LogP contribution in [0.5, 0.6) is 5.75 Å². The van der Waals surface area contributed by atoms with Crippen molar-refractivity contribution < 1.29 is 22.7 Å². The van der Waals surface area contributed by atoms with Crippen molar-refractivity contribution in [2.75, 3.05) is 13.2 Å².